The van der Waals surface area contributed by atoms with Crippen molar-refractivity contribution >= 4 is 5.78 Å². The Morgan fingerprint density at radius 3 is 3.00 bits per heavy atom. The van der Waals surface area contributed by atoms with Crippen LogP contribution in [-0.2, 0) is 16.6 Å². The lowest BCUT2D eigenvalue weighted by Crippen LogP contribution is -2.69. The van der Waals surface area contributed by atoms with Gasteiger partial charge in [-0.15, -0.1) is 0 Å². The van der Waals surface area contributed by atoms with E-state index in [1.54, 1.807) is 6.07 Å². The third-order valence-corrected chi connectivity index (χ3v) is 6.39. The molecular formula is C17H19NO4. The summed E-state index contributed by atoms with van der Waals surface area (Å²) in [6.45, 7) is 0.884. The number of carbonyl (C=O) groups is 1. The third-order valence-electron chi connectivity index (χ3n) is 6.39. The first-order valence-corrected chi connectivity index (χ1v) is 7.97. The van der Waals surface area contributed by atoms with Crippen molar-refractivity contribution in [2.24, 2.45) is 5.92 Å². The number of Topliss-reactive ketones (excluding diaryl/α,β-unsaturated/α-hetero) is 1. The highest BCUT2D eigenvalue weighted by Gasteiger charge is 2.67. The highest BCUT2D eigenvalue weighted by atomic mass is 16.5. The molecule has 5 nitrogen and oxygen atoms in total. The van der Waals surface area contributed by atoms with Crippen LogP contribution in [0.1, 0.15) is 24.0 Å². The van der Waals surface area contributed by atoms with Crippen LogP contribution in [0.15, 0.2) is 12.1 Å². The number of piperidine rings is 1. The van der Waals surface area contributed by atoms with E-state index in [-0.39, 0.29) is 29.9 Å². The number of phenolic OH excluding ortho intramolecular Hbond substituents is 1. The monoisotopic (exact) mass is 301 g/mol. The van der Waals surface area contributed by atoms with Gasteiger partial charge in [-0.1, -0.05) is 6.07 Å². The second-order valence-corrected chi connectivity index (χ2v) is 7.25. The maximum Gasteiger partial charge on any atom is 0.176 e. The molecule has 1 spiro atoms. The van der Waals surface area contributed by atoms with E-state index in [9.17, 15) is 15.0 Å². The van der Waals surface area contributed by atoms with Crippen LogP contribution in [0.2, 0.25) is 0 Å². The molecule has 2 fully saturated rings. The van der Waals surface area contributed by atoms with E-state index in [0.717, 1.165) is 30.5 Å². The first-order chi connectivity index (χ1) is 10.5. The molecule has 2 aliphatic heterocycles. The van der Waals surface area contributed by atoms with Crippen molar-refractivity contribution < 1.29 is 19.7 Å². The van der Waals surface area contributed by atoms with Crippen molar-refractivity contribution in [3.05, 3.63) is 23.3 Å². The van der Waals surface area contributed by atoms with Gasteiger partial charge in [0.2, 0.25) is 0 Å². The number of benzene rings is 1. The fraction of sp³-hybridized carbons (Fsp3) is 0.588. The summed E-state index contributed by atoms with van der Waals surface area (Å²) in [5, 5.41) is 20.9. The Kier molecular flexibility index (Phi) is 2.25. The van der Waals surface area contributed by atoms with Gasteiger partial charge in [0.05, 0.1) is 11.5 Å². The number of likely N-dealkylation sites (N-methyl/N-ethyl adjacent to an activating group) is 1. The molecule has 5 atom stereocenters. The van der Waals surface area contributed by atoms with Crippen molar-refractivity contribution in [2.45, 2.75) is 42.9 Å². The molecule has 1 saturated carbocycles. The number of aliphatic hydroxyl groups is 1. The van der Waals surface area contributed by atoms with Gasteiger partial charge in [0.1, 0.15) is 0 Å². The highest BCUT2D eigenvalue weighted by molar-refractivity contribution is 5.89. The number of aliphatic hydroxyl groups excluding tert-OH is 1. The number of ether oxygens (including phenoxy) is 1. The van der Waals surface area contributed by atoms with E-state index < -0.39 is 17.6 Å². The largest absolute Gasteiger partial charge is 0.504 e. The Labute approximate surface area is 128 Å². The molecule has 5 heteroatoms. The van der Waals surface area contributed by atoms with Crippen molar-refractivity contribution in [1.29, 1.82) is 0 Å². The summed E-state index contributed by atoms with van der Waals surface area (Å²) in [5.41, 5.74) is 1.71. The lowest BCUT2D eigenvalue weighted by atomic mass is 9.51. The van der Waals surface area contributed by atoms with Crippen LogP contribution in [0.4, 0.5) is 0 Å². The Hall–Kier alpha value is -1.59. The average molecular weight is 301 g/mol. The number of hydrogen-bond acceptors (Lipinski definition) is 5. The van der Waals surface area contributed by atoms with Crippen molar-refractivity contribution in [2.75, 3.05) is 13.6 Å². The molecule has 5 rings (SSSR count). The van der Waals surface area contributed by atoms with Gasteiger partial charge in [-0.2, -0.15) is 0 Å². The molecule has 1 aromatic rings. The van der Waals surface area contributed by atoms with Crippen LogP contribution >= 0.6 is 0 Å². The van der Waals surface area contributed by atoms with Gasteiger partial charge in [0.25, 0.3) is 0 Å². The highest BCUT2D eigenvalue weighted by Crippen LogP contribution is 2.62. The minimum Gasteiger partial charge on any atom is -0.504 e. The Balaban J connectivity index is 1.84. The third kappa shape index (κ3) is 1.23. The van der Waals surface area contributed by atoms with Crippen molar-refractivity contribution in [3.8, 4) is 11.5 Å². The zero-order valence-corrected chi connectivity index (χ0v) is 12.5. The molecule has 0 radical (unpaired) electrons. The summed E-state index contributed by atoms with van der Waals surface area (Å²) in [7, 11) is 2.10. The van der Waals surface area contributed by atoms with Crippen molar-refractivity contribution in [1.82, 2.24) is 4.90 Å². The number of hydrogen-bond donors (Lipinski definition) is 2. The van der Waals surface area contributed by atoms with E-state index in [1.165, 1.54) is 0 Å². The summed E-state index contributed by atoms with van der Waals surface area (Å²) < 4.78 is 5.98. The smallest absolute Gasteiger partial charge is 0.176 e. The molecule has 2 aliphatic carbocycles. The molecule has 4 aliphatic rings. The molecule has 2 N–H and O–H groups in total. The maximum absolute atomic E-state index is 12.5. The Bertz CT molecular complexity index is 702. The molecule has 22 heavy (non-hydrogen) atoms. The van der Waals surface area contributed by atoms with Crippen LogP contribution in [-0.4, -0.2) is 52.7 Å². The molecule has 0 aromatic heterocycles. The topological polar surface area (TPSA) is 70.0 Å². The standard InChI is InChI=1S/C17H19NO4/c1-18-5-4-17-13-8-2-3-10(19)15(13)22-16(17)12(21)7-11(20)14(17)9(18)6-8/h2-3,9,11,14,16,19-20H,4-7H2,1H3/t9-,11?,14-,16+,17-/m1/s1. The zero-order chi connectivity index (χ0) is 15.2. The normalized spacial score (nSPS) is 42.0. The summed E-state index contributed by atoms with van der Waals surface area (Å²) in [6, 6.07) is 3.85. The van der Waals surface area contributed by atoms with E-state index in [1.807, 2.05) is 6.07 Å². The van der Waals surface area contributed by atoms with Crippen LogP contribution < -0.4 is 4.74 Å². The van der Waals surface area contributed by atoms with E-state index in [0.29, 0.717) is 5.75 Å². The van der Waals surface area contributed by atoms with E-state index in [2.05, 4.69) is 11.9 Å². The molecule has 0 amide bonds. The summed E-state index contributed by atoms with van der Waals surface area (Å²) in [5.74, 6) is 0.568. The van der Waals surface area contributed by atoms with Gasteiger partial charge in [-0.3, -0.25) is 4.79 Å². The van der Waals surface area contributed by atoms with Gasteiger partial charge in [-0.05, 0) is 38.1 Å². The number of aromatic hydroxyl groups is 1. The second-order valence-electron chi connectivity index (χ2n) is 7.25. The predicted molar refractivity (Wildman–Crippen MR) is 78.1 cm³/mol. The number of phenols is 1. The molecular weight excluding hydrogens is 282 g/mol. The number of carbonyl (C=O) groups excluding carboxylic acids is 1. The molecule has 2 heterocycles. The Morgan fingerprint density at radius 1 is 1.36 bits per heavy atom. The van der Waals surface area contributed by atoms with Gasteiger partial charge in [0, 0.05) is 23.9 Å². The average Bonchev–Trinajstić information content (AvgIpc) is 2.83. The molecule has 116 valence electrons. The SMILES string of the molecule is CN1CC[C@]23c4c5ccc(O)c4O[C@H]2C(=O)CC(O)[C@H]3[C@H]1C5. The van der Waals surface area contributed by atoms with Crippen LogP contribution in [0.3, 0.4) is 0 Å². The zero-order valence-electron chi connectivity index (χ0n) is 12.5. The maximum atomic E-state index is 12.5. The molecule has 1 saturated heterocycles. The van der Waals surface area contributed by atoms with Crippen LogP contribution in [0.25, 0.3) is 0 Å². The minimum atomic E-state index is -0.624. The number of ketones is 1. The molecule has 1 unspecified atom stereocenters. The fourth-order valence-corrected chi connectivity index (χ4v) is 5.58. The predicted octanol–water partition coefficient (Wildman–Crippen LogP) is 0.601. The number of nitrogens with zero attached hydrogens (tertiary/aromatic N) is 1. The number of likely N-dealkylation sites (tertiary alicyclic amines) is 1. The lowest BCUT2D eigenvalue weighted by Gasteiger charge is -2.58. The fourth-order valence-electron chi connectivity index (χ4n) is 5.58. The number of rotatable bonds is 0. The van der Waals surface area contributed by atoms with E-state index in [4.69, 9.17) is 4.74 Å². The lowest BCUT2D eigenvalue weighted by molar-refractivity contribution is -0.151. The minimum absolute atomic E-state index is 0.00417. The van der Waals surface area contributed by atoms with E-state index >= 15 is 0 Å². The second kappa shape index (κ2) is 3.84. The van der Waals surface area contributed by atoms with Crippen LogP contribution in [0.5, 0.6) is 11.5 Å². The summed E-state index contributed by atoms with van der Waals surface area (Å²) in [4.78, 5) is 14.8. The molecule has 1 aromatic carbocycles. The summed E-state index contributed by atoms with van der Waals surface area (Å²) in [6.07, 6.45) is 0.626. The van der Waals surface area contributed by atoms with Gasteiger partial charge in [-0.25, -0.2) is 0 Å². The first-order valence-electron chi connectivity index (χ1n) is 7.97. The quantitative estimate of drug-likeness (QED) is 0.734. The van der Waals surface area contributed by atoms with Gasteiger partial charge < -0.3 is 19.8 Å². The van der Waals surface area contributed by atoms with Gasteiger partial charge >= 0.3 is 0 Å². The van der Waals surface area contributed by atoms with Gasteiger partial charge in [0.15, 0.2) is 23.4 Å². The van der Waals surface area contributed by atoms with Crippen molar-refractivity contribution in [3.63, 3.8) is 0 Å². The Morgan fingerprint density at radius 2 is 2.18 bits per heavy atom. The molecule has 2 bridgehead atoms. The van der Waals surface area contributed by atoms with Crippen LogP contribution in [0, 0.1) is 5.92 Å². The summed E-state index contributed by atoms with van der Waals surface area (Å²) >= 11 is 0. The first kappa shape index (κ1) is 12.9.